The number of nitrogens with one attached hydrogen (secondary N) is 1. The van der Waals surface area contributed by atoms with Gasteiger partial charge in [-0.15, -0.1) is 0 Å². The summed E-state index contributed by atoms with van der Waals surface area (Å²) in [5.74, 6) is -0.234. The lowest BCUT2D eigenvalue weighted by molar-refractivity contribution is -0.117. The van der Waals surface area contributed by atoms with Gasteiger partial charge in [-0.05, 0) is 68.6 Å². The van der Waals surface area contributed by atoms with Crippen LogP contribution in [0, 0.1) is 11.3 Å². The third-order valence-corrected chi connectivity index (χ3v) is 6.09. The summed E-state index contributed by atoms with van der Waals surface area (Å²) >= 11 is 6.87. The molecule has 0 aromatic heterocycles. The molecule has 1 fully saturated rings. The summed E-state index contributed by atoms with van der Waals surface area (Å²) in [6.45, 7) is 2.03. The van der Waals surface area contributed by atoms with Gasteiger partial charge in [0.15, 0.2) is 18.1 Å². The summed E-state index contributed by atoms with van der Waals surface area (Å²) in [4.78, 5) is 25.2. The van der Waals surface area contributed by atoms with Crippen LogP contribution in [-0.2, 0) is 9.59 Å². The van der Waals surface area contributed by atoms with Crippen LogP contribution >= 0.6 is 31.9 Å². The second kappa shape index (κ2) is 9.11. The van der Waals surface area contributed by atoms with E-state index in [4.69, 9.17) is 14.7 Å². The molecule has 1 heterocycles. The van der Waals surface area contributed by atoms with Gasteiger partial charge in [-0.3, -0.25) is 15.0 Å². The first-order valence-corrected chi connectivity index (χ1v) is 10.1. The van der Waals surface area contributed by atoms with Gasteiger partial charge in [-0.2, -0.15) is 5.26 Å². The summed E-state index contributed by atoms with van der Waals surface area (Å²) in [6, 6.07) is 12.4. The number of nitriles is 1. The van der Waals surface area contributed by atoms with Crippen LogP contribution in [0.25, 0.3) is 6.08 Å². The Morgan fingerprint density at radius 1 is 1.17 bits per heavy atom. The molecule has 3 rings (SSSR count). The minimum atomic E-state index is -0.510. The molecule has 2 aromatic rings. The molecule has 1 aliphatic rings. The van der Waals surface area contributed by atoms with Crippen molar-refractivity contribution in [1.82, 2.24) is 5.43 Å². The number of amides is 2. The Bertz CT molecular complexity index is 1030. The number of hydrogen-bond acceptors (Lipinski definition) is 5. The molecule has 7 nitrogen and oxygen atoms in total. The molecule has 0 unspecified atom stereocenters. The highest BCUT2D eigenvalue weighted by atomic mass is 79.9. The van der Waals surface area contributed by atoms with Crippen molar-refractivity contribution >= 4 is 55.4 Å². The van der Waals surface area contributed by atoms with Crippen LogP contribution in [0.15, 0.2) is 50.9 Å². The molecular weight excluding hydrogens is 506 g/mol. The largest absolute Gasteiger partial charge is 0.490 e. The maximum absolute atomic E-state index is 12.8. The van der Waals surface area contributed by atoms with Crippen LogP contribution in [-0.4, -0.2) is 25.0 Å². The van der Waals surface area contributed by atoms with Gasteiger partial charge in [0.05, 0.1) is 16.8 Å². The van der Waals surface area contributed by atoms with Crippen molar-refractivity contribution in [2.24, 2.45) is 0 Å². The zero-order chi connectivity index (χ0) is 21.0. The average molecular weight is 521 g/mol. The van der Waals surface area contributed by atoms with Crippen molar-refractivity contribution in [3.8, 4) is 17.6 Å². The Labute approximate surface area is 184 Å². The summed E-state index contributed by atoms with van der Waals surface area (Å²) in [7, 11) is 0. The molecule has 29 heavy (non-hydrogen) atoms. The van der Waals surface area contributed by atoms with E-state index >= 15 is 0 Å². The monoisotopic (exact) mass is 519 g/mol. The highest BCUT2D eigenvalue weighted by Gasteiger charge is 2.34. The van der Waals surface area contributed by atoms with E-state index in [1.54, 1.807) is 30.3 Å². The quantitative estimate of drug-likeness (QED) is 0.459. The number of ether oxygens (including phenoxy) is 2. The molecular formula is C20H15Br2N3O4. The maximum Gasteiger partial charge on any atom is 0.282 e. The number of carbonyl (C=O) groups is 2. The van der Waals surface area contributed by atoms with Gasteiger partial charge in [0.1, 0.15) is 11.6 Å². The first-order valence-electron chi connectivity index (χ1n) is 8.54. The molecule has 148 valence electrons. The van der Waals surface area contributed by atoms with Gasteiger partial charge >= 0.3 is 0 Å². The molecule has 9 heteroatoms. The SMILES string of the molecule is CCOc1cc(/C=C2/C(=O)NN(c3ccccc3)C2=O)c(Br)c(Br)c1OCC#N. The van der Waals surface area contributed by atoms with Gasteiger partial charge < -0.3 is 9.47 Å². The molecule has 0 bridgehead atoms. The highest BCUT2D eigenvalue weighted by Crippen LogP contribution is 2.43. The predicted molar refractivity (Wildman–Crippen MR) is 114 cm³/mol. The second-order valence-corrected chi connectivity index (χ2v) is 7.36. The van der Waals surface area contributed by atoms with Crippen molar-refractivity contribution in [2.45, 2.75) is 6.92 Å². The summed E-state index contributed by atoms with van der Waals surface area (Å²) in [5, 5.41) is 9.99. The van der Waals surface area contributed by atoms with Gasteiger partial charge in [0.2, 0.25) is 0 Å². The van der Waals surface area contributed by atoms with Crippen LogP contribution in [0.2, 0.25) is 0 Å². The van der Waals surface area contributed by atoms with Crippen molar-refractivity contribution in [1.29, 1.82) is 5.26 Å². The van der Waals surface area contributed by atoms with Crippen molar-refractivity contribution in [3.63, 3.8) is 0 Å². The van der Waals surface area contributed by atoms with Crippen LogP contribution < -0.4 is 19.9 Å². The van der Waals surface area contributed by atoms with Crippen LogP contribution in [0.3, 0.4) is 0 Å². The number of halogens is 2. The van der Waals surface area contributed by atoms with Crippen molar-refractivity contribution in [3.05, 3.63) is 56.5 Å². The van der Waals surface area contributed by atoms with Crippen molar-refractivity contribution < 1.29 is 19.1 Å². The van der Waals surface area contributed by atoms with Gasteiger partial charge in [-0.25, -0.2) is 5.01 Å². The van der Waals surface area contributed by atoms with E-state index in [1.165, 1.54) is 11.1 Å². The molecule has 2 aromatic carbocycles. The Morgan fingerprint density at radius 2 is 1.90 bits per heavy atom. The van der Waals surface area contributed by atoms with E-state index in [-0.39, 0.29) is 12.2 Å². The Balaban J connectivity index is 2.02. The predicted octanol–water partition coefficient (Wildman–Crippen LogP) is 3.97. The fourth-order valence-electron chi connectivity index (χ4n) is 2.68. The van der Waals surface area contributed by atoms with Gasteiger partial charge in [0.25, 0.3) is 11.8 Å². The third kappa shape index (κ3) is 4.28. The van der Waals surface area contributed by atoms with E-state index in [9.17, 15) is 9.59 Å². The number of hydrogen-bond donors (Lipinski definition) is 1. The van der Waals surface area contributed by atoms with Crippen LogP contribution in [0.4, 0.5) is 5.69 Å². The third-order valence-electron chi connectivity index (χ3n) is 3.94. The van der Waals surface area contributed by atoms with E-state index in [0.717, 1.165) is 0 Å². The summed E-state index contributed by atoms with van der Waals surface area (Å²) < 4.78 is 12.1. The fraction of sp³-hybridized carbons (Fsp3) is 0.150. The molecule has 1 saturated heterocycles. The normalized spacial score (nSPS) is 14.7. The minimum Gasteiger partial charge on any atom is -0.490 e. The smallest absolute Gasteiger partial charge is 0.282 e. The van der Waals surface area contributed by atoms with E-state index in [2.05, 4.69) is 37.3 Å². The molecule has 2 amide bonds. The van der Waals surface area contributed by atoms with E-state index in [0.29, 0.717) is 38.3 Å². The summed E-state index contributed by atoms with van der Waals surface area (Å²) in [6.07, 6.45) is 1.48. The molecule has 0 saturated carbocycles. The molecule has 0 spiro atoms. The van der Waals surface area contributed by atoms with E-state index in [1.807, 2.05) is 19.1 Å². The minimum absolute atomic E-state index is 0.0189. The van der Waals surface area contributed by atoms with E-state index < -0.39 is 11.8 Å². The zero-order valence-electron chi connectivity index (χ0n) is 15.2. The Hall–Kier alpha value is -2.83. The number of anilines is 1. The van der Waals surface area contributed by atoms with Crippen LogP contribution in [0.5, 0.6) is 11.5 Å². The molecule has 1 N–H and O–H groups in total. The maximum atomic E-state index is 12.8. The Kier molecular flexibility index (Phi) is 6.56. The molecule has 0 atom stereocenters. The standard InChI is InChI=1S/C20H15Br2N3O4/c1-2-28-15-11-12(16(21)17(22)18(15)29-9-8-23)10-14-19(26)24-25(20(14)27)13-6-4-3-5-7-13/h3-7,10-11H,2,9H2,1H3,(H,24,26)/b14-10-. The molecule has 1 aliphatic heterocycles. The lowest BCUT2D eigenvalue weighted by Gasteiger charge is -2.15. The molecule has 0 radical (unpaired) electrons. The summed E-state index contributed by atoms with van der Waals surface area (Å²) in [5.41, 5.74) is 3.64. The molecule has 0 aliphatic carbocycles. The lowest BCUT2D eigenvalue weighted by Crippen LogP contribution is -2.35. The average Bonchev–Trinajstić information content (AvgIpc) is 3.00. The van der Waals surface area contributed by atoms with Gasteiger partial charge in [0, 0.05) is 4.47 Å². The number of para-hydroxylation sites is 1. The lowest BCUT2D eigenvalue weighted by atomic mass is 10.1. The first-order chi connectivity index (χ1) is 14.0. The van der Waals surface area contributed by atoms with Crippen molar-refractivity contribution in [2.75, 3.05) is 18.2 Å². The second-order valence-electron chi connectivity index (χ2n) is 5.78. The number of rotatable bonds is 6. The highest BCUT2D eigenvalue weighted by molar-refractivity contribution is 9.13. The number of benzene rings is 2. The number of nitrogens with zero attached hydrogens (tertiary/aromatic N) is 2. The first kappa shape index (κ1) is 20.9. The number of carbonyl (C=O) groups excluding carboxylic acids is 2. The zero-order valence-corrected chi connectivity index (χ0v) is 18.4. The van der Waals surface area contributed by atoms with Gasteiger partial charge in [-0.1, -0.05) is 18.2 Å². The Morgan fingerprint density at radius 3 is 2.55 bits per heavy atom. The topological polar surface area (TPSA) is 91.7 Å². The number of hydrazine groups is 1. The fourth-order valence-corrected chi connectivity index (χ4v) is 3.63. The van der Waals surface area contributed by atoms with Crippen LogP contribution in [0.1, 0.15) is 12.5 Å².